The van der Waals surface area contributed by atoms with Crippen LogP contribution in [0.3, 0.4) is 0 Å². The van der Waals surface area contributed by atoms with Gasteiger partial charge < -0.3 is 10.2 Å². The van der Waals surface area contributed by atoms with Gasteiger partial charge in [0.2, 0.25) is 0 Å². The molecule has 0 atom stereocenters. The van der Waals surface area contributed by atoms with E-state index in [-0.39, 0.29) is 0 Å². The highest BCUT2D eigenvalue weighted by molar-refractivity contribution is 6.33. The third kappa shape index (κ3) is 3.89. The molecule has 0 radical (unpaired) electrons. The predicted molar refractivity (Wildman–Crippen MR) is 50.2 cm³/mol. The molecule has 7 heteroatoms. The largest absolute Gasteiger partial charge is 0.762 e. The predicted octanol–water partition coefficient (Wildman–Crippen LogP) is 0.921. The van der Waals surface area contributed by atoms with E-state index in [9.17, 15) is 12.9 Å². The minimum Gasteiger partial charge on any atom is -0.356 e. The maximum Gasteiger partial charge on any atom is 0.762 e. The quantitative estimate of drug-likeness (QED) is 0.598. The first-order valence-electron chi connectivity index (χ1n) is 4.65. The topological polar surface area (TPSA) is 27.6 Å². The van der Waals surface area contributed by atoms with E-state index in [0.717, 1.165) is 19.0 Å². The van der Waals surface area contributed by atoms with Crippen LogP contribution in [0, 0.1) is 0 Å². The summed E-state index contributed by atoms with van der Waals surface area (Å²) >= 11 is 0. The average molecular weight is 207 g/mol. The molecule has 80 valence electrons. The van der Waals surface area contributed by atoms with Crippen LogP contribution in [0.15, 0.2) is 4.99 Å². The minimum absolute atomic E-state index is 1.01. The number of hydrogen-bond acceptors (Lipinski definition) is 3. The molecule has 0 aromatic rings. The molecule has 0 unspecified atom stereocenters. The summed E-state index contributed by atoms with van der Waals surface area (Å²) in [6.07, 6.45) is 2.49. The van der Waals surface area contributed by atoms with E-state index in [4.69, 9.17) is 0 Å². The van der Waals surface area contributed by atoms with Crippen molar-refractivity contribution in [2.75, 3.05) is 26.2 Å². The van der Waals surface area contributed by atoms with Crippen molar-refractivity contribution in [3.8, 4) is 0 Å². The van der Waals surface area contributed by atoms with Gasteiger partial charge in [-0.1, -0.05) is 0 Å². The highest BCUT2D eigenvalue weighted by atomic mass is 19.4. The van der Waals surface area contributed by atoms with Gasteiger partial charge in [-0.3, -0.25) is 17.9 Å². The van der Waals surface area contributed by atoms with E-state index in [1.165, 1.54) is 25.9 Å². The van der Waals surface area contributed by atoms with Gasteiger partial charge in [-0.25, -0.2) is 0 Å². The zero-order valence-corrected chi connectivity index (χ0v) is 7.85. The van der Waals surface area contributed by atoms with E-state index in [1.807, 2.05) is 0 Å². The molecule has 0 amide bonds. The first-order chi connectivity index (χ1) is 6.70. The second-order valence-electron chi connectivity index (χ2n) is 3.07. The van der Waals surface area contributed by atoms with Crippen LogP contribution in [0.25, 0.3) is 0 Å². The van der Waals surface area contributed by atoms with Crippen molar-refractivity contribution in [3.05, 3.63) is 0 Å². The van der Waals surface area contributed by atoms with Gasteiger partial charge >= 0.3 is 7.54 Å². The molecule has 0 aromatic heterocycles. The van der Waals surface area contributed by atoms with Crippen molar-refractivity contribution < 1.29 is 12.9 Å². The lowest BCUT2D eigenvalue weighted by molar-refractivity contribution is 0.346. The monoisotopic (exact) mass is 207 g/mol. The highest BCUT2D eigenvalue weighted by Gasteiger charge is 2.17. The van der Waals surface area contributed by atoms with Crippen molar-refractivity contribution in [1.82, 2.24) is 10.2 Å². The fraction of sp³-hybridized carbons (Fsp3) is 0.857. The van der Waals surface area contributed by atoms with Crippen LogP contribution in [-0.2, 0) is 0 Å². The first-order valence-corrected chi connectivity index (χ1v) is 4.65. The van der Waals surface area contributed by atoms with Gasteiger partial charge in [0.05, 0.1) is 0 Å². The number of nitrogens with one attached hydrogen (secondary N) is 1. The Morgan fingerprint density at radius 3 is 2.50 bits per heavy atom. The Morgan fingerprint density at radius 2 is 1.86 bits per heavy atom. The van der Waals surface area contributed by atoms with Crippen LogP contribution in [0.1, 0.15) is 12.8 Å². The Hall–Kier alpha value is -0.875. The Kier molecular flexibility index (Phi) is 4.62. The molecule has 14 heavy (non-hydrogen) atoms. The van der Waals surface area contributed by atoms with Crippen molar-refractivity contribution in [1.29, 1.82) is 0 Å². The molecule has 0 bridgehead atoms. The smallest absolute Gasteiger partial charge is 0.356 e. The Bertz CT molecular complexity index is 198. The van der Waals surface area contributed by atoms with Gasteiger partial charge in [-0.05, 0) is 12.8 Å². The van der Waals surface area contributed by atoms with Gasteiger partial charge in [0, 0.05) is 26.2 Å². The Morgan fingerprint density at radius 1 is 1.21 bits per heavy atom. The molecule has 0 aromatic carbocycles. The fourth-order valence-corrected chi connectivity index (χ4v) is 1.51. The van der Waals surface area contributed by atoms with Gasteiger partial charge in [0.15, 0.2) is 5.96 Å². The molecule has 0 aliphatic carbocycles. The number of guanidine groups is 1. The maximum atomic E-state index is 9.67. The number of nitrogens with zero attached hydrogens (tertiary/aromatic N) is 2. The zero-order chi connectivity index (χ0) is 10.4. The lowest BCUT2D eigenvalue weighted by Gasteiger charge is -2.33. The number of halogens is 3. The fourth-order valence-electron chi connectivity index (χ4n) is 1.51. The van der Waals surface area contributed by atoms with Crippen LogP contribution < -0.4 is 5.32 Å². The summed E-state index contributed by atoms with van der Waals surface area (Å²) in [5.41, 5.74) is 0. The number of rotatable bonds is 0. The molecule has 3 nitrogen and oxygen atoms in total. The molecule has 0 spiro atoms. The van der Waals surface area contributed by atoms with Crippen LogP contribution in [0.4, 0.5) is 12.9 Å². The molecule has 2 heterocycles. The lowest BCUT2D eigenvalue weighted by atomic mass is 10.2. The second-order valence-corrected chi connectivity index (χ2v) is 3.07. The Balaban J connectivity index is 0.000000213. The summed E-state index contributed by atoms with van der Waals surface area (Å²) in [5.74, 6) is 1.14. The van der Waals surface area contributed by atoms with Gasteiger partial charge in [-0.2, -0.15) is 0 Å². The summed E-state index contributed by atoms with van der Waals surface area (Å²) in [7, 11) is -3.67. The van der Waals surface area contributed by atoms with Crippen molar-refractivity contribution in [3.63, 3.8) is 0 Å². The number of fused-ring (bicyclic) bond motifs is 1. The summed E-state index contributed by atoms with van der Waals surface area (Å²) in [5, 5.41) is 3.30. The van der Waals surface area contributed by atoms with Crippen molar-refractivity contribution in [2.24, 2.45) is 4.99 Å². The molecule has 2 aliphatic rings. The van der Waals surface area contributed by atoms with Gasteiger partial charge in [0.1, 0.15) is 0 Å². The lowest BCUT2D eigenvalue weighted by Crippen LogP contribution is -2.49. The van der Waals surface area contributed by atoms with E-state index in [1.54, 1.807) is 0 Å². The summed E-state index contributed by atoms with van der Waals surface area (Å²) < 4.78 is 29.0. The minimum atomic E-state index is -3.67. The molecular formula is C7H13BF3N3. The molecule has 1 fully saturated rings. The summed E-state index contributed by atoms with van der Waals surface area (Å²) in [6, 6.07) is 0. The standard InChI is InChI=1S/C7H13N3.BF3/c1-3-8-7-9-4-2-6-10(7)5-1;2-1(3)4/h1-6H2,(H,8,9);. The molecule has 1 saturated heterocycles. The molecule has 1 N–H and O–H groups in total. The molecular weight excluding hydrogens is 194 g/mol. The second kappa shape index (κ2) is 5.77. The van der Waals surface area contributed by atoms with Gasteiger partial charge in [0.25, 0.3) is 0 Å². The molecule has 0 saturated carbocycles. The van der Waals surface area contributed by atoms with Crippen LogP contribution in [0.2, 0.25) is 0 Å². The highest BCUT2D eigenvalue weighted by Crippen LogP contribution is 2.05. The van der Waals surface area contributed by atoms with E-state index in [0.29, 0.717) is 0 Å². The maximum absolute atomic E-state index is 9.67. The van der Waals surface area contributed by atoms with E-state index in [2.05, 4.69) is 15.2 Å². The van der Waals surface area contributed by atoms with Crippen molar-refractivity contribution in [2.45, 2.75) is 12.8 Å². The third-order valence-corrected chi connectivity index (χ3v) is 2.04. The van der Waals surface area contributed by atoms with E-state index >= 15 is 0 Å². The van der Waals surface area contributed by atoms with E-state index < -0.39 is 7.54 Å². The van der Waals surface area contributed by atoms with Crippen LogP contribution in [0.5, 0.6) is 0 Å². The van der Waals surface area contributed by atoms with Gasteiger partial charge in [-0.15, -0.1) is 0 Å². The molecule has 2 aliphatic heterocycles. The summed E-state index contributed by atoms with van der Waals surface area (Å²) in [4.78, 5) is 6.72. The first kappa shape index (κ1) is 11.2. The van der Waals surface area contributed by atoms with Crippen LogP contribution >= 0.6 is 0 Å². The SMILES string of the molecule is C1CN=C2NCCCN2C1.FB(F)F. The number of hydrogen-bond donors (Lipinski definition) is 1. The number of aliphatic imine (C=N–C) groups is 1. The average Bonchev–Trinajstić information content (AvgIpc) is 2.17. The zero-order valence-electron chi connectivity index (χ0n) is 7.85. The van der Waals surface area contributed by atoms with Crippen molar-refractivity contribution >= 4 is 13.5 Å². The molecule has 2 rings (SSSR count). The summed E-state index contributed by atoms with van der Waals surface area (Å²) in [6.45, 7) is 4.52. The third-order valence-electron chi connectivity index (χ3n) is 2.04. The normalized spacial score (nSPS) is 19.6. The van der Waals surface area contributed by atoms with Crippen LogP contribution in [-0.4, -0.2) is 44.6 Å². The Labute approximate surface area is 81.6 Å².